The Balaban J connectivity index is 2.96. The van der Waals surface area contributed by atoms with Crippen molar-refractivity contribution in [3.8, 4) is 11.5 Å². The molecule has 0 aromatic heterocycles. The first-order valence-corrected chi connectivity index (χ1v) is 12.5. The van der Waals surface area contributed by atoms with Crippen molar-refractivity contribution in [2.45, 2.75) is 98.8 Å². The van der Waals surface area contributed by atoms with E-state index in [1.807, 2.05) is 27.7 Å². The van der Waals surface area contributed by atoms with Crippen molar-refractivity contribution in [2.24, 2.45) is 17.6 Å². The van der Waals surface area contributed by atoms with Crippen LogP contribution in [0.3, 0.4) is 0 Å². The number of carbonyl (C=O) groups excluding carboxylic acids is 4. The van der Waals surface area contributed by atoms with E-state index in [1.54, 1.807) is 19.9 Å². The first kappa shape index (κ1) is 31.1. The zero-order chi connectivity index (χ0) is 27.4. The van der Waals surface area contributed by atoms with Gasteiger partial charge in [0.2, 0.25) is 0 Å². The summed E-state index contributed by atoms with van der Waals surface area (Å²) in [4.78, 5) is 48.2. The smallest absolute Gasteiger partial charge is 0.323 e. The van der Waals surface area contributed by atoms with Crippen molar-refractivity contribution in [3.05, 3.63) is 23.8 Å². The van der Waals surface area contributed by atoms with Crippen molar-refractivity contribution in [2.75, 3.05) is 0 Å². The molecule has 0 bridgehead atoms. The predicted octanol–water partition coefficient (Wildman–Crippen LogP) is 4.12. The third-order valence-electron chi connectivity index (χ3n) is 5.38. The van der Waals surface area contributed by atoms with Gasteiger partial charge in [0.25, 0.3) is 0 Å². The first-order chi connectivity index (χ1) is 16.8. The number of rotatable bonds is 14. The van der Waals surface area contributed by atoms with E-state index < -0.39 is 42.1 Å². The van der Waals surface area contributed by atoms with Crippen LogP contribution in [0, 0.1) is 11.8 Å². The second-order valence-electron chi connectivity index (χ2n) is 9.86. The molecule has 0 aliphatic rings. The summed E-state index contributed by atoms with van der Waals surface area (Å²) in [5, 5.41) is 0. The number of benzene rings is 1. The fourth-order valence-electron chi connectivity index (χ4n) is 3.07. The summed E-state index contributed by atoms with van der Waals surface area (Å²) in [7, 11) is 0. The van der Waals surface area contributed by atoms with Gasteiger partial charge in [-0.05, 0) is 62.6 Å². The second kappa shape index (κ2) is 15.2. The van der Waals surface area contributed by atoms with Crippen molar-refractivity contribution in [1.82, 2.24) is 0 Å². The first-order valence-electron chi connectivity index (χ1n) is 12.5. The van der Waals surface area contributed by atoms with Gasteiger partial charge in [-0.1, -0.05) is 33.8 Å². The van der Waals surface area contributed by atoms with E-state index in [4.69, 9.17) is 24.7 Å². The maximum absolute atomic E-state index is 12.5. The second-order valence-corrected chi connectivity index (χ2v) is 9.86. The Morgan fingerprint density at radius 2 is 1.28 bits per heavy atom. The summed E-state index contributed by atoms with van der Waals surface area (Å²) < 4.78 is 21.3. The monoisotopic (exact) mass is 507 g/mol. The molecule has 1 aromatic rings. The van der Waals surface area contributed by atoms with Crippen LogP contribution in [0.15, 0.2) is 18.2 Å². The Labute approximate surface area is 214 Å². The van der Waals surface area contributed by atoms with E-state index in [0.717, 1.165) is 0 Å². The summed E-state index contributed by atoms with van der Waals surface area (Å²) in [6.07, 6.45) is 0.561. The Morgan fingerprint density at radius 1 is 0.778 bits per heavy atom. The molecule has 0 saturated heterocycles. The number of hydrogen-bond donors (Lipinski definition) is 1. The molecule has 1 aromatic carbocycles. The lowest BCUT2D eigenvalue weighted by Crippen LogP contribution is -2.39. The Kier molecular flexibility index (Phi) is 13.2. The molecular formula is C27H41NO8. The molecule has 0 amide bonds. The van der Waals surface area contributed by atoms with E-state index in [1.165, 1.54) is 19.1 Å². The zero-order valence-corrected chi connectivity index (χ0v) is 22.5. The topological polar surface area (TPSA) is 131 Å². The van der Waals surface area contributed by atoms with E-state index >= 15 is 0 Å². The van der Waals surface area contributed by atoms with Gasteiger partial charge in [0.1, 0.15) is 18.2 Å². The Bertz CT molecular complexity index is 896. The summed E-state index contributed by atoms with van der Waals surface area (Å²) in [6, 6.07) is 3.70. The predicted molar refractivity (Wildman–Crippen MR) is 134 cm³/mol. The van der Waals surface area contributed by atoms with Gasteiger partial charge in [-0.3, -0.25) is 19.2 Å². The zero-order valence-electron chi connectivity index (χ0n) is 22.5. The van der Waals surface area contributed by atoms with Gasteiger partial charge in [-0.25, -0.2) is 0 Å². The lowest BCUT2D eigenvalue weighted by Gasteiger charge is -2.22. The normalized spacial score (nSPS) is 13.6. The third-order valence-corrected chi connectivity index (χ3v) is 5.38. The van der Waals surface area contributed by atoms with Crippen LogP contribution in [0.5, 0.6) is 11.5 Å². The average molecular weight is 508 g/mol. The molecule has 0 radical (unpaired) electrons. The van der Waals surface area contributed by atoms with E-state index in [0.29, 0.717) is 30.2 Å². The Morgan fingerprint density at radius 3 is 1.78 bits per heavy atom. The standard InChI is InChI=1S/C27H41NO8/c1-16(2)8-12-25(30)35-23-11-10-21(15-24(23)36-26(31)13-9-17(3)4)14-22(28)27(32)34-19(6)18(5)33-20(7)29/h10-11,15-19,22H,8-9,12-14,28H2,1-7H3/t18?,19-,22-/m0/s1. The van der Waals surface area contributed by atoms with Gasteiger partial charge >= 0.3 is 23.9 Å². The number of carbonyl (C=O) groups is 4. The molecule has 36 heavy (non-hydrogen) atoms. The van der Waals surface area contributed by atoms with Gasteiger partial charge in [0.05, 0.1) is 0 Å². The van der Waals surface area contributed by atoms with Gasteiger partial charge in [0.15, 0.2) is 11.5 Å². The van der Waals surface area contributed by atoms with Crippen LogP contribution in [0.4, 0.5) is 0 Å². The van der Waals surface area contributed by atoms with E-state index in [-0.39, 0.29) is 30.8 Å². The molecule has 9 nitrogen and oxygen atoms in total. The van der Waals surface area contributed by atoms with Crippen molar-refractivity contribution < 1.29 is 38.1 Å². The van der Waals surface area contributed by atoms with Crippen molar-refractivity contribution in [1.29, 1.82) is 0 Å². The lowest BCUT2D eigenvalue weighted by atomic mass is 10.1. The molecule has 3 atom stereocenters. The maximum Gasteiger partial charge on any atom is 0.323 e. The average Bonchev–Trinajstić information content (AvgIpc) is 2.77. The summed E-state index contributed by atoms with van der Waals surface area (Å²) >= 11 is 0. The van der Waals surface area contributed by atoms with E-state index in [9.17, 15) is 19.2 Å². The highest BCUT2D eigenvalue weighted by atomic mass is 16.6. The molecule has 0 spiro atoms. The van der Waals surface area contributed by atoms with Gasteiger partial charge in [-0.15, -0.1) is 0 Å². The fraction of sp³-hybridized carbons (Fsp3) is 0.630. The van der Waals surface area contributed by atoms with Crippen LogP contribution in [-0.2, 0) is 35.1 Å². The summed E-state index contributed by atoms with van der Waals surface area (Å²) in [6.45, 7) is 12.5. The molecule has 0 aliphatic carbocycles. The van der Waals surface area contributed by atoms with Crippen LogP contribution in [0.1, 0.15) is 79.7 Å². The number of hydrogen-bond acceptors (Lipinski definition) is 9. The molecule has 2 N–H and O–H groups in total. The molecule has 0 aliphatic heterocycles. The van der Waals surface area contributed by atoms with Gasteiger partial charge < -0.3 is 24.7 Å². The van der Waals surface area contributed by atoms with Crippen LogP contribution < -0.4 is 15.2 Å². The highest BCUT2D eigenvalue weighted by Gasteiger charge is 2.24. The molecular weight excluding hydrogens is 466 g/mol. The minimum Gasteiger partial charge on any atom is -0.459 e. The van der Waals surface area contributed by atoms with E-state index in [2.05, 4.69) is 0 Å². The van der Waals surface area contributed by atoms with Crippen LogP contribution in [0.25, 0.3) is 0 Å². The SMILES string of the molecule is CC(=O)OC(C)[C@H](C)OC(=O)[C@@H](N)Cc1ccc(OC(=O)CCC(C)C)c(OC(=O)CCC(C)C)c1. The minimum absolute atomic E-state index is 0.0889. The van der Waals surface area contributed by atoms with Crippen LogP contribution in [-0.4, -0.2) is 42.1 Å². The van der Waals surface area contributed by atoms with Crippen LogP contribution in [0.2, 0.25) is 0 Å². The summed E-state index contributed by atoms with van der Waals surface area (Å²) in [5.41, 5.74) is 6.63. The minimum atomic E-state index is -1.01. The van der Waals surface area contributed by atoms with Gasteiger partial charge in [-0.2, -0.15) is 0 Å². The molecule has 9 heteroatoms. The summed E-state index contributed by atoms with van der Waals surface area (Å²) in [5.74, 6) is -1.12. The highest BCUT2D eigenvalue weighted by molar-refractivity contribution is 5.77. The quantitative estimate of drug-likeness (QED) is 0.292. The lowest BCUT2D eigenvalue weighted by molar-refractivity contribution is -0.164. The Hall–Kier alpha value is -2.94. The molecule has 202 valence electrons. The molecule has 0 saturated carbocycles. The van der Waals surface area contributed by atoms with Crippen molar-refractivity contribution in [3.63, 3.8) is 0 Å². The molecule has 0 heterocycles. The fourth-order valence-corrected chi connectivity index (χ4v) is 3.07. The molecule has 1 unspecified atom stereocenters. The number of esters is 4. The van der Waals surface area contributed by atoms with Crippen molar-refractivity contribution >= 4 is 23.9 Å². The largest absolute Gasteiger partial charge is 0.459 e. The van der Waals surface area contributed by atoms with Gasteiger partial charge in [0, 0.05) is 19.8 Å². The molecule has 1 rings (SSSR count). The molecule has 0 fully saturated rings. The third kappa shape index (κ3) is 12.2. The number of ether oxygens (including phenoxy) is 4. The highest BCUT2D eigenvalue weighted by Crippen LogP contribution is 2.30. The number of nitrogens with two attached hydrogens (primary N) is 1. The maximum atomic E-state index is 12.5. The van der Waals surface area contributed by atoms with Crippen LogP contribution >= 0.6 is 0 Å².